The second-order valence-electron chi connectivity index (χ2n) is 3.72. The Kier molecular flexibility index (Phi) is 3.88. The van der Waals surface area contributed by atoms with Gasteiger partial charge >= 0.3 is 0 Å². The summed E-state index contributed by atoms with van der Waals surface area (Å²) in [5, 5.41) is 4.00. The fourth-order valence-corrected chi connectivity index (χ4v) is 1.49. The number of hydrogen-bond donors (Lipinski definition) is 0. The van der Waals surface area contributed by atoms with Gasteiger partial charge in [-0.3, -0.25) is 4.98 Å². The first-order valence-corrected chi connectivity index (χ1v) is 5.66. The fraction of sp³-hybridized carbons (Fsp3) is 0.500. The third-order valence-corrected chi connectivity index (χ3v) is 2.40. The maximum absolute atomic E-state index is 5.53. The number of rotatable bonds is 5. The number of hydrogen-bond acceptors (Lipinski definition) is 4. The molecule has 0 N–H and O–H groups in total. The van der Waals surface area contributed by atoms with Crippen molar-refractivity contribution in [1.29, 1.82) is 0 Å². The molecule has 16 heavy (non-hydrogen) atoms. The smallest absolute Gasteiger partial charge is 0.232 e. The molecule has 0 aromatic carbocycles. The molecular weight excluding hydrogens is 204 g/mol. The molecule has 0 spiro atoms. The molecule has 1 aliphatic rings. The first-order valence-electron chi connectivity index (χ1n) is 5.66. The number of nitrogens with zero attached hydrogens (tertiary/aromatic N) is 2. The van der Waals surface area contributed by atoms with Crippen LogP contribution in [0.5, 0.6) is 0 Å². The van der Waals surface area contributed by atoms with Crippen LogP contribution in [0.2, 0.25) is 0 Å². The fourth-order valence-electron chi connectivity index (χ4n) is 1.49. The van der Waals surface area contributed by atoms with Crippen LogP contribution in [0.15, 0.2) is 29.6 Å². The van der Waals surface area contributed by atoms with Gasteiger partial charge in [0, 0.05) is 6.20 Å². The Morgan fingerprint density at radius 3 is 3.19 bits per heavy atom. The van der Waals surface area contributed by atoms with E-state index in [1.807, 2.05) is 18.2 Å². The van der Waals surface area contributed by atoms with E-state index in [1.54, 1.807) is 6.20 Å². The summed E-state index contributed by atoms with van der Waals surface area (Å²) in [5.41, 5.74) is 1.73. The summed E-state index contributed by atoms with van der Waals surface area (Å²) in [7, 11) is 0. The second kappa shape index (κ2) is 5.61. The van der Waals surface area contributed by atoms with Gasteiger partial charge < -0.3 is 9.57 Å². The molecule has 0 aliphatic carbocycles. The second-order valence-corrected chi connectivity index (χ2v) is 3.72. The topological polar surface area (TPSA) is 43.7 Å². The highest BCUT2D eigenvalue weighted by molar-refractivity contribution is 5.99. The van der Waals surface area contributed by atoms with Crippen molar-refractivity contribution in [2.45, 2.75) is 32.5 Å². The highest BCUT2D eigenvalue weighted by Gasteiger charge is 2.22. The van der Waals surface area contributed by atoms with E-state index in [1.165, 1.54) is 0 Å². The normalized spacial score (nSPS) is 19.3. The average molecular weight is 220 g/mol. The Bertz CT molecular complexity index is 351. The maximum Gasteiger partial charge on any atom is 0.232 e. The van der Waals surface area contributed by atoms with Crippen LogP contribution in [0.3, 0.4) is 0 Å². The first kappa shape index (κ1) is 11.1. The van der Waals surface area contributed by atoms with Crippen LogP contribution < -0.4 is 0 Å². The molecule has 4 nitrogen and oxygen atoms in total. The predicted molar refractivity (Wildman–Crippen MR) is 61.1 cm³/mol. The third kappa shape index (κ3) is 2.79. The number of unbranched alkanes of at least 4 members (excludes halogenated alkanes) is 1. The van der Waals surface area contributed by atoms with Gasteiger partial charge in [-0.15, -0.1) is 0 Å². The van der Waals surface area contributed by atoms with Crippen LogP contribution in [0.1, 0.15) is 31.9 Å². The molecule has 0 fully saturated rings. The molecule has 1 aromatic heterocycles. The largest absolute Gasteiger partial charge is 0.363 e. The molecule has 0 bridgehead atoms. The van der Waals surface area contributed by atoms with Crippen molar-refractivity contribution >= 4 is 5.71 Å². The lowest BCUT2D eigenvalue weighted by Crippen LogP contribution is -2.14. The maximum atomic E-state index is 5.53. The quantitative estimate of drug-likeness (QED) is 0.715. The highest BCUT2D eigenvalue weighted by Crippen LogP contribution is 2.16. The summed E-state index contributed by atoms with van der Waals surface area (Å²) < 4.78 is 5.53. The highest BCUT2D eigenvalue weighted by atomic mass is 16.8. The van der Waals surface area contributed by atoms with E-state index in [4.69, 9.17) is 9.57 Å². The number of oxime groups is 1. The molecule has 0 amide bonds. The lowest BCUT2D eigenvalue weighted by molar-refractivity contribution is -0.124. The zero-order valence-corrected chi connectivity index (χ0v) is 9.43. The number of aromatic nitrogens is 1. The van der Waals surface area contributed by atoms with Crippen molar-refractivity contribution in [2.75, 3.05) is 6.61 Å². The SMILES string of the molecule is CCCCOC1CC(c2ccccn2)=NO1. The number of ether oxygens (including phenoxy) is 1. The molecule has 4 heteroatoms. The molecule has 1 atom stereocenters. The minimum atomic E-state index is -0.233. The summed E-state index contributed by atoms with van der Waals surface area (Å²) in [6.45, 7) is 2.86. The van der Waals surface area contributed by atoms with Gasteiger partial charge in [0.1, 0.15) is 5.71 Å². The molecule has 2 heterocycles. The summed E-state index contributed by atoms with van der Waals surface area (Å²) in [6.07, 6.45) is 4.38. The predicted octanol–water partition coefficient (Wildman–Crippen LogP) is 2.35. The summed E-state index contributed by atoms with van der Waals surface area (Å²) in [4.78, 5) is 9.42. The van der Waals surface area contributed by atoms with Crippen molar-refractivity contribution in [3.8, 4) is 0 Å². The van der Waals surface area contributed by atoms with Crippen LogP contribution in [-0.4, -0.2) is 23.6 Å². The summed E-state index contributed by atoms with van der Waals surface area (Å²) in [6, 6.07) is 5.75. The minimum Gasteiger partial charge on any atom is -0.363 e. The zero-order chi connectivity index (χ0) is 11.2. The lowest BCUT2D eigenvalue weighted by atomic mass is 10.2. The molecular formula is C12H16N2O2. The van der Waals surface area contributed by atoms with Gasteiger partial charge in [0.05, 0.1) is 18.7 Å². The van der Waals surface area contributed by atoms with Crippen LogP contribution in [-0.2, 0) is 9.57 Å². The van der Waals surface area contributed by atoms with E-state index in [0.29, 0.717) is 6.42 Å². The zero-order valence-electron chi connectivity index (χ0n) is 9.43. The van der Waals surface area contributed by atoms with E-state index in [9.17, 15) is 0 Å². The molecule has 0 radical (unpaired) electrons. The van der Waals surface area contributed by atoms with Gasteiger partial charge in [0.25, 0.3) is 0 Å². The van der Waals surface area contributed by atoms with Crippen molar-refractivity contribution < 1.29 is 9.57 Å². The Morgan fingerprint density at radius 2 is 2.44 bits per heavy atom. The van der Waals surface area contributed by atoms with Crippen LogP contribution in [0.25, 0.3) is 0 Å². The molecule has 86 valence electrons. The van der Waals surface area contributed by atoms with Gasteiger partial charge in [-0.05, 0) is 18.6 Å². The monoisotopic (exact) mass is 220 g/mol. The molecule has 0 saturated heterocycles. The van der Waals surface area contributed by atoms with Gasteiger partial charge in [-0.2, -0.15) is 0 Å². The lowest BCUT2D eigenvalue weighted by Gasteiger charge is -2.08. The van der Waals surface area contributed by atoms with Crippen LogP contribution >= 0.6 is 0 Å². The molecule has 1 aromatic rings. The van der Waals surface area contributed by atoms with Gasteiger partial charge in [-0.25, -0.2) is 0 Å². The van der Waals surface area contributed by atoms with Gasteiger partial charge in [-0.1, -0.05) is 24.6 Å². The van der Waals surface area contributed by atoms with Crippen molar-refractivity contribution in [2.24, 2.45) is 5.16 Å². The van der Waals surface area contributed by atoms with Gasteiger partial charge in [0.15, 0.2) is 0 Å². The van der Waals surface area contributed by atoms with Crippen LogP contribution in [0.4, 0.5) is 0 Å². The molecule has 2 rings (SSSR count). The molecule has 1 unspecified atom stereocenters. The number of pyridine rings is 1. The average Bonchev–Trinajstić information content (AvgIpc) is 2.79. The van der Waals surface area contributed by atoms with Gasteiger partial charge in [0.2, 0.25) is 6.29 Å². The standard InChI is InChI=1S/C12H16N2O2/c1-2-3-8-15-12-9-11(14-16-12)10-6-4-5-7-13-10/h4-7,12H,2-3,8-9H2,1H3. The van der Waals surface area contributed by atoms with Crippen molar-refractivity contribution in [1.82, 2.24) is 4.98 Å². The van der Waals surface area contributed by atoms with Crippen LogP contribution in [0, 0.1) is 0 Å². The summed E-state index contributed by atoms with van der Waals surface area (Å²) in [5.74, 6) is 0. The van der Waals surface area contributed by atoms with E-state index in [2.05, 4.69) is 17.1 Å². The van der Waals surface area contributed by atoms with E-state index >= 15 is 0 Å². The molecule has 1 aliphatic heterocycles. The third-order valence-electron chi connectivity index (χ3n) is 2.40. The summed E-state index contributed by atoms with van der Waals surface area (Å²) >= 11 is 0. The Morgan fingerprint density at radius 1 is 1.50 bits per heavy atom. The Labute approximate surface area is 95.3 Å². The van der Waals surface area contributed by atoms with Crippen molar-refractivity contribution in [3.05, 3.63) is 30.1 Å². The Hall–Kier alpha value is -1.42. The van der Waals surface area contributed by atoms with E-state index < -0.39 is 0 Å². The minimum absolute atomic E-state index is 0.233. The first-order chi connectivity index (χ1) is 7.90. The van der Waals surface area contributed by atoms with E-state index in [-0.39, 0.29) is 6.29 Å². The van der Waals surface area contributed by atoms with E-state index in [0.717, 1.165) is 30.9 Å². The molecule has 0 saturated carbocycles. The van der Waals surface area contributed by atoms with Crippen molar-refractivity contribution in [3.63, 3.8) is 0 Å². The Balaban J connectivity index is 1.83.